The molecule has 0 spiro atoms. The highest BCUT2D eigenvalue weighted by Gasteiger charge is 2.23. The fourth-order valence-electron chi connectivity index (χ4n) is 1.82. The summed E-state index contributed by atoms with van der Waals surface area (Å²) >= 11 is 1.44. The monoisotopic (exact) mass is 331 g/mol. The normalized spacial score (nSPS) is 18.0. The van der Waals surface area contributed by atoms with E-state index in [-0.39, 0.29) is 13.1 Å². The molecule has 7 nitrogen and oxygen atoms in total. The van der Waals surface area contributed by atoms with Gasteiger partial charge in [-0.1, -0.05) is 0 Å². The Labute approximate surface area is 126 Å². The second-order valence-corrected chi connectivity index (χ2v) is 8.14. The number of aliphatic carboxylic acids is 1. The summed E-state index contributed by atoms with van der Waals surface area (Å²) in [7, 11) is -3.41. The molecule has 0 radical (unpaired) electrons. The lowest BCUT2D eigenvalue weighted by Gasteiger charge is -2.28. The van der Waals surface area contributed by atoms with Gasteiger partial charge in [0.15, 0.2) is 0 Å². The van der Waals surface area contributed by atoms with Crippen LogP contribution in [0.3, 0.4) is 0 Å². The molecule has 0 saturated heterocycles. The maximum Gasteiger partial charge on any atom is 0.323 e. The van der Waals surface area contributed by atoms with E-state index in [1.54, 1.807) is 20.0 Å². The van der Waals surface area contributed by atoms with E-state index < -0.39 is 27.4 Å². The van der Waals surface area contributed by atoms with Crippen molar-refractivity contribution < 1.29 is 18.3 Å². The maximum absolute atomic E-state index is 11.8. The molecule has 0 amide bonds. The minimum absolute atomic E-state index is 0.0433. The zero-order valence-electron chi connectivity index (χ0n) is 11.7. The number of hydrogen-bond acceptors (Lipinski definition) is 6. The Bertz CT molecular complexity index is 739. The van der Waals surface area contributed by atoms with Gasteiger partial charge in [-0.2, -0.15) is 0 Å². The minimum Gasteiger partial charge on any atom is -0.480 e. The van der Waals surface area contributed by atoms with Crippen LogP contribution >= 0.6 is 11.3 Å². The molecule has 1 unspecified atom stereocenters. The fraction of sp³-hybridized carbons (Fsp3) is 0.500. The van der Waals surface area contributed by atoms with Gasteiger partial charge in [0.05, 0.1) is 11.8 Å². The smallest absolute Gasteiger partial charge is 0.323 e. The number of carbonyl (C=O) groups is 1. The van der Waals surface area contributed by atoms with Crippen LogP contribution in [0.4, 0.5) is 0 Å². The first-order valence-electron chi connectivity index (χ1n) is 6.39. The first-order valence-corrected chi connectivity index (χ1v) is 8.81. The van der Waals surface area contributed by atoms with Gasteiger partial charge in [0.25, 0.3) is 0 Å². The highest BCUT2D eigenvalue weighted by molar-refractivity contribution is 7.90. The predicted octanol–water partition coefficient (Wildman–Crippen LogP) is -0.840. The highest BCUT2D eigenvalue weighted by Crippen LogP contribution is 2.06. The second kappa shape index (κ2) is 6.12. The van der Waals surface area contributed by atoms with Crippen LogP contribution in [0.15, 0.2) is 16.4 Å². The van der Waals surface area contributed by atoms with Gasteiger partial charge in [-0.15, -0.1) is 11.3 Å². The molecule has 21 heavy (non-hydrogen) atoms. The number of nitrogens with zero attached hydrogens (tertiary/aromatic N) is 2. The summed E-state index contributed by atoms with van der Waals surface area (Å²) in [5.41, 5.74) is 0. The molecule has 116 valence electrons. The molecular weight excluding hydrogens is 314 g/mol. The summed E-state index contributed by atoms with van der Waals surface area (Å²) in [6, 6.07) is 1.85. The summed E-state index contributed by atoms with van der Waals surface area (Å²) < 4.78 is 26.9. The zero-order valence-corrected chi connectivity index (χ0v) is 13.3. The average molecular weight is 331 g/mol. The van der Waals surface area contributed by atoms with Gasteiger partial charge in [-0.3, -0.25) is 4.79 Å². The van der Waals surface area contributed by atoms with E-state index in [4.69, 9.17) is 5.11 Å². The molecular formula is C12H17N3O4S2. The second-order valence-electron chi connectivity index (χ2n) is 4.93. The average Bonchev–Trinajstić information content (AvgIpc) is 2.82. The number of fused-ring (bicyclic) bond motifs is 1. The molecule has 9 heteroatoms. The lowest BCUT2D eigenvalue weighted by atomic mass is 10.3. The Kier molecular flexibility index (Phi) is 4.64. The van der Waals surface area contributed by atoms with Crippen molar-refractivity contribution in [1.82, 2.24) is 9.62 Å². The van der Waals surface area contributed by atoms with Crippen molar-refractivity contribution in [3.05, 3.63) is 21.3 Å². The molecule has 0 saturated carbocycles. The van der Waals surface area contributed by atoms with E-state index >= 15 is 0 Å². The van der Waals surface area contributed by atoms with E-state index in [1.165, 1.54) is 16.2 Å². The molecule has 1 aromatic heterocycles. The molecule has 2 N–H and O–H groups in total. The Morgan fingerprint density at radius 1 is 1.57 bits per heavy atom. The molecule has 2 heterocycles. The van der Waals surface area contributed by atoms with Crippen molar-refractivity contribution in [2.75, 3.05) is 13.1 Å². The lowest BCUT2D eigenvalue weighted by Crippen LogP contribution is -2.48. The molecule has 0 fully saturated rings. The predicted molar refractivity (Wildman–Crippen MR) is 79.8 cm³/mol. The van der Waals surface area contributed by atoms with Crippen LogP contribution < -0.4 is 14.6 Å². The summed E-state index contributed by atoms with van der Waals surface area (Å²) in [6.07, 6.45) is 1.15. The van der Waals surface area contributed by atoms with Crippen molar-refractivity contribution in [2.24, 2.45) is 4.99 Å². The third-order valence-corrected chi connectivity index (χ3v) is 5.68. The van der Waals surface area contributed by atoms with Gasteiger partial charge in [0.1, 0.15) is 17.4 Å². The van der Waals surface area contributed by atoms with E-state index in [0.717, 1.165) is 9.89 Å². The largest absolute Gasteiger partial charge is 0.480 e. The first kappa shape index (κ1) is 15.9. The Balaban J connectivity index is 2.21. The van der Waals surface area contributed by atoms with Gasteiger partial charge < -0.3 is 10.0 Å². The van der Waals surface area contributed by atoms with Gasteiger partial charge >= 0.3 is 5.97 Å². The van der Waals surface area contributed by atoms with Crippen LogP contribution in [0.25, 0.3) is 6.20 Å². The Morgan fingerprint density at radius 2 is 2.29 bits per heavy atom. The van der Waals surface area contributed by atoms with Gasteiger partial charge in [0.2, 0.25) is 10.0 Å². The van der Waals surface area contributed by atoms with Gasteiger partial charge in [-0.25, -0.2) is 18.1 Å². The number of carboxylic acid groups (broad SMARTS) is 1. The van der Waals surface area contributed by atoms with Crippen LogP contribution in [0.5, 0.6) is 0 Å². The number of rotatable bonds is 6. The quantitative estimate of drug-likeness (QED) is 0.708. The first-order chi connectivity index (χ1) is 9.79. The molecule has 0 aliphatic carbocycles. The van der Waals surface area contributed by atoms with E-state index in [1.807, 2.05) is 11.4 Å². The van der Waals surface area contributed by atoms with Gasteiger partial charge in [0, 0.05) is 11.4 Å². The molecule has 1 aromatic rings. The Morgan fingerprint density at radius 3 is 2.90 bits per heavy atom. The van der Waals surface area contributed by atoms with Crippen molar-refractivity contribution in [3.8, 4) is 0 Å². The van der Waals surface area contributed by atoms with Gasteiger partial charge in [-0.05, 0) is 25.3 Å². The number of hydrogen-bond donors (Lipinski definition) is 2. The van der Waals surface area contributed by atoms with E-state index in [9.17, 15) is 13.2 Å². The summed E-state index contributed by atoms with van der Waals surface area (Å²) in [5.74, 6) is -0.989. The van der Waals surface area contributed by atoms with Crippen molar-refractivity contribution in [2.45, 2.75) is 25.3 Å². The third-order valence-electron chi connectivity index (χ3n) is 3.03. The van der Waals surface area contributed by atoms with Crippen molar-refractivity contribution >= 4 is 33.5 Å². The highest BCUT2D eigenvalue weighted by atomic mass is 32.2. The zero-order chi connectivity index (χ0) is 15.6. The van der Waals surface area contributed by atoms with Crippen LogP contribution in [-0.2, 0) is 14.8 Å². The molecule has 1 aliphatic heterocycles. The van der Waals surface area contributed by atoms with Crippen LogP contribution in [0.2, 0.25) is 0 Å². The summed E-state index contributed by atoms with van der Waals surface area (Å²) in [4.78, 5) is 16.9. The topological polar surface area (TPSA) is 99.1 Å². The van der Waals surface area contributed by atoms with Crippen LogP contribution in [0.1, 0.15) is 13.8 Å². The summed E-state index contributed by atoms with van der Waals surface area (Å²) in [5, 5.41) is 11.1. The number of sulfonamides is 1. The third kappa shape index (κ3) is 3.80. The standard InChI is InChI=1S/C12H17N3O4S2/c1-8(2)21(18,19)13-5-10-14-12-9(3-4-20-12)6-15(10)7-11(16)17/h3-4,6,8,10,13H,5,7H2,1-2H3,(H,16,17). The fourth-order valence-corrected chi connectivity index (χ4v) is 3.31. The van der Waals surface area contributed by atoms with E-state index in [2.05, 4.69) is 9.71 Å². The number of carboxylic acids is 1. The van der Waals surface area contributed by atoms with Crippen LogP contribution in [0, 0.1) is 0 Å². The minimum atomic E-state index is -3.41. The number of nitrogens with one attached hydrogen (secondary N) is 1. The SMILES string of the molecule is CC(C)S(=O)(=O)NCC1N=c2sccc2=CN1CC(=O)O. The summed E-state index contributed by atoms with van der Waals surface area (Å²) in [6.45, 7) is 2.98. The molecule has 1 aliphatic rings. The van der Waals surface area contributed by atoms with E-state index in [0.29, 0.717) is 0 Å². The lowest BCUT2D eigenvalue weighted by molar-refractivity contribution is -0.137. The maximum atomic E-state index is 11.8. The molecule has 1 atom stereocenters. The molecule has 0 bridgehead atoms. The molecule has 2 rings (SSSR count). The van der Waals surface area contributed by atoms with Crippen LogP contribution in [-0.4, -0.2) is 48.9 Å². The van der Waals surface area contributed by atoms with Crippen molar-refractivity contribution in [3.63, 3.8) is 0 Å². The Hall–Kier alpha value is -1.45. The van der Waals surface area contributed by atoms with Crippen molar-refractivity contribution in [1.29, 1.82) is 0 Å². The molecule has 0 aromatic carbocycles. The number of thiophene rings is 1.